The number of ether oxygens (including phenoxy) is 2. The molecular formula is C32H47NO3. The Hall–Kier alpha value is -2.07. The van der Waals surface area contributed by atoms with Crippen molar-refractivity contribution in [2.45, 2.75) is 98.1 Å². The van der Waals surface area contributed by atoms with E-state index in [1.807, 2.05) is 6.92 Å². The first kappa shape index (κ1) is 27.0. The number of rotatable bonds is 9. The van der Waals surface area contributed by atoms with E-state index >= 15 is 0 Å². The highest BCUT2D eigenvalue weighted by Crippen LogP contribution is 2.33. The Morgan fingerprint density at radius 1 is 0.944 bits per heavy atom. The molecule has 2 aromatic carbocycles. The quantitative estimate of drug-likeness (QED) is 0.335. The van der Waals surface area contributed by atoms with E-state index in [1.165, 1.54) is 61.3 Å². The van der Waals surface area contributed by atoms with Crippen LogP contribution in [0.5, 0.6) is 5.75 Å². The van der Waals surface area contributed by atoms with Crippen LogP contribution in [-0.2, 0) is 16.1 Å². The van der Waals surface area contributed by atoms with Gasteiger partial charge in [-0.15, -0.1) is 0 Å². The van der Waals surface area contributed by atoms with Gasteiger partial charge in [-0.05, 0) is 111 Å². The van der Waals surface area contributed by atoms with Crippen LogP contribution >= 0.6 is 0 Å². The Bertz CT molecular complexity index is 979. The maximum Gasteiger partial charge on any atom is 0.309 e. The first-order valence-electron chi connectivity index (χ1n) is 14.4. The van der Waals surface area contributed by atoms with Gasteiger partial charge in [0.25, 0.3) is 0 Å². The normalized spacial score (nSPS) is 22.0. The zero-order chi connectivity index (χ0) is 25.5. The van der Waals surface area contributed by atoms with Gasteiger partial charge in [-0.2, -0.15) is 0 Å². The van der Waals surface area contributed by atoms with Crippen LogP contribution in [0.25, 0.3) is 10.8 Å². The summed E-state index contributed by atoms with van der Waals surface area (Å²) in [5.41, 5.74) is 1.79. The summed E-state index contributed by atoms with van der Waals surface area (Å²) in [4.78, 5) is 14.4. The molecule has 0 radical (unpaired) electrons. The fourth-order valence-electron chi connectivity index (χ4n) is 5.94. The number of nitrogens with zero attached hydrogens (tertiary/aromatic N) is 1. The molecule has 0 unspecified atom stereocenters. The van der Waals surface area contributed by atoms with E-state index in [0.29, 0.717) is 18.1 Å². The van der Waals surface area contributed by atoms with Gasteiger partial charge < -0.3 is 9.47 Å². The largest absolute Gasteiger partial charge is 0.490 e. The van der Waals surface area contributed by atoms with E-state index in [-0.39, 0.29) is 11.9 Å². The van der Waals surface area contributed by atoms with E-state index in [1.54, 1.807) is 0 Å². The molecular weight excluding hydrogens is 446 g/mol. The van der Waals surface area contributed by atoms with Crippen molar-refractivity contribution >= 4 is 16.7 Å². The van der Waals surface area contributed by atoms with Crippen molar-refractivity contribution in [3.05, 3.63) is 42.0 Å². The second kappa shape index (κ2) is 12.4. The molecule has 1 aliphatic carbocycles. The molecule has 1 heterocycles. The summed E-state index contributed by atoms with van der Waals surface area (Å²) in [6.45, 7) is 12.2. The van der Waals surface area contributed by atoms with Gasteiger partial charge >= 0.3 is 5.97 Å². The number of carbonyl (C=O) groups excluding carboxylic acids is 1. The Labute approximate surface area is 218 Å². The molecule has 0 spiro atoms. The molecule has 2 fully saturated rings. The van der Waals surface area contributed by atoms with Crippen molar-refractivity contribution < 1.29 is 14.3 Å². The first-order chi connectivity index (χ1) is 17.3. The van der Waals surface area contributed by atoms with Crippen LogP contribution in [0, 0.1) is 17.3 Å². The second-order valence-corrected chi connectivity index (χ2v) is 12.4. The number of likely N-dealkylation sites (tertiary alicyclic amines) is 1. The minimum absolute atomic E-state index is 0.0231. The van der Waals surface area contributed by atoms with Gasteiger partial charge in [-0.1, -0.05) is 51.8 Å². The molecule has 4 heteroatoms. The van der Waals surface area contributed by atoms with Crippen molar-refractivity contribution in [3.8, 4) is 5.75 Å². The zero-order valence-corrected chi connectivity index (χ0v) is 23.1. The lowest BCUT2D eigenvalue weighted by molar-refractivity contribution is -0.149. The first-order valence-corrected chi connectivity index (χ1v) is 14.4. The molecule has 4 rings (SSSR count). The van der Waals surface area contributed by atoms with Gasteiger partial charge in [0.2, 0.25) is 0 Å². The molecule has 1 aliphatic heterocycles. The number of esters is 1. The van der Waals surface area contributed by atoms with Crippen LogP contribution < -0.4 is 4.74 Å². The van der Waals surface area contributed by atoms with Crippen LogP contribution in [-0.4, -0.2) is 36.7 Å². The molecule has 4 nitrogen and oxygen atoms in total. The number of benzene rings is 2. The van der Waals surface area contributed by atoms with Crippen LogP contribution in [0.1, 0.15) is 91.0 Å². The number of hydrogen-bond acceptors (Lipinski definition) is 4. The summed E-state index contributed by atoms with van der Waals surface area (Å²) < 4.78 is 11.6. The molecule has 36 heavy (non-hydrogen) atoms. The summed E-state index contributed by atoms with van der Waals surface area (Å²) in [7, 11) is 0. The van der Waals surface area contributed by atoms with Gasteiger partial charge in [0.1, 0.15) is 5.75 Å². The summed E-state index contributed by atoms with van der Waals surface area (Å²) >= 11 is 0. The fourth-order valence-corrected chi connectivity index (χ4v) is 5.94. The SMILES string of the molecule is CCOC(=O)C1CCN(Cc2ccc3cc(O[C@H]4CC[C@H](CCCC(C)(C)C)CC4)ccc3c2)CC1. The standard InChI is InChI=1S/C32H47NO3/c1-5-35-31(34)26-16-19-33(20-17-26)23-25-8-11-28-22-30(15-12-27(28)21-25)36-29-13-9-24(10-14-29)7-6-18-32(2,3)4/h8,11-12,15,21-22,24,26,29H,5-7,9-10,13-14,16-20,23H2,1-4H3/t24-,29-. The Morgan fingerprint density at radius 2 is 1.64 bits per heavy atom. The fraction of sp³-hybridized carbons (Fsp3) is 0.656. The third-order valence-electron chi connectivity index (χ3n) is 8.13. The third-order valence-corrected chi connectivity index (χ3v) is 8.13. The van der Waals surface area contributed by atoms with Crippen LogP contribution in [0.3, 0.4) is 0 Å². The van der Waals surface area contributed by atoms with Gasteiger partial charge in [0.15, 0.2) is 0 Å². The zero-order valence-electron chi connectivity index (χ0n) is 23.1. The Kier molecular flexibility index (Phi) is 9.33. The van der Waals surface area contributed by atoms with Gasteiger partial charge in [-0.3, -0.25) is 9.69 Å². The summed E-state index contributed by atoms with van der Waals surface area (Å²) in [6, 6.07) is 13.3. The molecule has 0 aromatic heterocycles. The molecule has 0 bridgehead atoms. The predicted molar refractivity (Wildman–Crippen MR) is 148 cm³/mol. The lowest BCUT2D eigenvalue weighted by Crippen LogP contribution is -2.36. The van der Waals surface area contributed by atoms with Gasteiger partial charge in [-0.25, -0.2) is 0 Å². The van der Waals surface area contributed by atoms with Crippen molar-refractivity contribution in [1.82, 2.24) is 4.90 Å². The van der Waals surface area contributed by atoms with Crippen molar-refractivity contribution in [1.29, 1.82) is 0 Å². The summed E-state index contributed by atoms with van der Waals surface area (Å²) in [6.07, 6.45) is 11.2. The second-order valence-electron chi connectivity index (χ2n) is 12.4. The monoisotopic (exact) mass is 493 g/mol. The number of fused-ring (bicyclic) bond motifs is 1. The highest BCUT2D eigenvalue weighted by molar-refractivity contribution is 5.84. The Morgan fingerprint density at radius 3 is 2.33 bits per heavy atom. The molecule has 2 aliphatic rings. The summed E-state index contributed by atoms with van der Waals surface area (Å²) in [5, 5.41) is 2.51. The smallest absolute Gasteiger partial charge is 0.309 e. The maximum atomic E-state index is 12.0. The van der Waals surface area contributed by atoms with E-state index in [9.17, 15) is 4.79 Å². The van der Waals surface area contributed by atoms with Crippen molar-refractivity contribution in [2.75, 3.05) is 19.7 Å². The van der Waals surface area contributed by atoms with Crippen LogP contribution in [0.4, 0.5) is 0 Å². The molecule has 0 N–H and O–H groups in total. The average molecular weight is 494 g/mol. The van der Waals surface area contributed by atoms with Gasteiger partial charge in [0.05, 0.1) is 18.6 Å². The summed E-state index contributed by atoms with van der Waals surface area (Å²) in [5.74, 6) is 1.94. The topological polar surface area (TPSA) is 38.8 Å². The highest BCUT2D eigenvalue weighted by Gasteiger charge is 2.26. The lowest BCUT2D eigenvalue weighted by atomic mass is 9.81. The molecule has 0 atom stereocenters. The minimum Gasteiger partial charge on any atom is -0.490 e. The molecule has 0 amide bonds. The highest BCUT2D eigenvalue weighted by atomic mass is 16.5. The average Bonchev–Trinajstić information content (AvgIpc) is 2.85. The number of piperidine rings is 1. The van der Waals surface area contributed by atoms with E-state index in [0.717, 1.165) is 44.1 Å². The van der Waals surface area contributed by atoms with Gasteiger partial charge in [0, 0.05) is 6.54 Å². The Balaban J connectivity index is 1.24. The number of carbonyl (C=O) groups is 1. The van der Waals surface area contributed by atoms with Crippen molar-refractivity contribution in [3.63, 3.8) is 0 Å². The van der Waals surface area contributed by atoms with Crippen molar-refractivity contribution in [2.24, 2.45) is 17.3 Å². The lowest BCUT2D eigenvalue weighted by Gasteiger charge is -2.31. The molecule has 198 valence electrons. The van der Waals surface area contributed by atoms with Crippen LogP contribution in [0.15, 0.2) is 36.4 Å². The molecule has 1 saturated carbocycles. The number of hydrogen-bond donors (Lipinski definition) is 0. The molecule has 1 saturated heterocycles. The maximum absolute atomic E-state index is 12.0. The van der Waals surface area contributed by atoms with E-state index < -0.39 is 0 Å². The molecule has 2 aromatic rings. The predicted octanol–water partition coefficient (Wildman–Crippen LogP) is 7.77. The van der Waals surface area contributed by atoms with Crippen LogP contribution in [0.2, 0.25) is 0 Å². The van der Waals surface area contributed by atoms with E-state index in [4.69, 9.17) is 9.47 Å². The minimum atomic E-state index is -0.0231. The van der Waals surface area contributed by atoms with E-state index in [2.05, 4.69) is 62.1 Å². The third kappa shape index (κ3) is 7.96.